The normalized spacial score (nSPS) is 13.7. The highest BCUT2D eigenvalue weighted by atomic mass is 32.2. The van der Waals surface area contributed by atoms with Crippen LogP contribution in [0.4, 0.5) is 11.6 Å². The fraction of sp³-hybridized carbons (Fsp3) is 0.733. The zero-order valence-corrected chi connectivity index (χ0v) is 14.4. The molecule has 0 bridgehead atoms. The molecule has 1 rings (SSSR count). The Balaban J connectivity index is 2.66. The minimum atomic E-state index is -0.769. The average Bonchev–Trinajstić information content (AvgIpc) is 2.45. The number of hydrogen-bond acceptors (Lipinski definition) is 5. The van der Waals surface area contributed by atoms with Gasteiger partial charge in [-0.15, -0.1) is 0 Å². The van der Waals surface area contributed by atoms with E-state index in [1.54, 1.807) is 6.26 Å². The Morgan fingerprint density at radius 3 is 2.29 bits per heavy atom. The summed E-state index contributed by atoms with van der Waals surface area (Å²) in [5.41, 5.74) is 0. The predicted octanol–water partition coefficient (Wildman–Crippen LogP) is 2.82. The molecule has 2 atom stereocenters. The van der Waals surface area contributed by atoms with Gasteiger partial charge in [-0.2, -0.15) is 0 Å². The zero-order chi connectivity index (χ0) is 15.7. The van der Waals surface area contributed by atoms with E-state index in [1.807, 2.05) is 13.0 Å². The van der Waals surface area contributed by atoms with Gasteiger partial charge in [0, 0.05) is 47.9 Å². The van der Waals surface area contributed by atoms with Crippen molar-refractivity contribution in [2.75, 3.05) is 30.0 Å². The van der Waals surface area contributed by atoms with Crippen LogP contribution in [0.3, 0.4) is 0 Å². The molecule has 0 aliphatic heterocycles. The summed E-state index contributed by atoms with van der Waals surface area (Å²) in [6.45, 7) is 7.95. The van der Waals surface area contributed by atoms with Gasteiger partial charge in [0.25, 0.3) is 0 Å². The molecular formula is C15H28N4OS. The Hall–Kier alpha value is -1.17. The van der Waals surface area contributed by atoms with Crippen molar-refractivity contribution in [3.05, 3.63) is 11.9 Å². The molecule has 6 heteroatoms. The van der Waals surface area contributed by atoms with E-state index in [4.69, 9.17) is 0 Å². The van der Waals surface area contributed by atoms with Crippen LogP contribution in [0.5, 0.6) is 0 Å². The summed E-state index contributed by atoms with van der Waals surface area (Å²) < 4.78 is 11.3. The zero-order valence-electron chi connectivity index (χ0n) is 13.6. The fourth-order valence-corrected chi connectivity index (χ4v) is 2.29. The van der Waals surface area contributed by atoms with Crippen molar-refractivity contribution in [2.45, 2.75) is 51.7 Å². The molecule has 0 aromatic carbocycles. The molecule has 0 saturated carbocycles. The minimum absolute atomic E-state index is 0.201. The molecule has 2 N–H and O–H groups in total. The van der Waals surface area contributed by atoms with Gasteiger partial charge >= 0.3 is 0 Å². The lowest BCUT2D eigenvalue weighted by molar-refractivity contribution is 0.672. The first kappa shape index (κ1) is 17.9. The van der Waals surface area contributed by atoms with E-state index in [-0.39, 0.29) is 5.25 Å². The van der Waals surface area contributed by atoms with Gasteiger partial charge in [-0.1, -0.05) is 20.8 Å². The van der Waals surface area contributed by atoms with E-state index >= 15 is 0 Å². The average molecular weight is 312 g/mol. The third-order valence-corrected chi connectivity index (χ3v) is 4.59. The van der Waals surface area contributed by atoms with E-state index in [2.05, 4.69) is 34.4 Å². The van der Waals surface area contributed by atoms with Crippen LogP contribution in [0.1, 0.15) is 45.9 Å². The first-order valence-corrected chi connectivity index (χ1v) is 9.36. The third kappa shape index (κ3) is 6.89. The van der Waals surface area contributed by atoms with Gasteiger partial charge < -0.3 is 10.6 Å². The smallest absolute Gasteiger partial charge is 0.133 e. The van der Waals surface area contributed by atoms with E-state index in [0.717, 1.165) is 56.2 Å². The Morgan fingerprint density at radius 2 is 1.76 bits per heavy atom. The van der Waals surface area contributed by atoms with Crippen LogP contribution in [0.2, 0.25) is 0 Å². The lowest BCUT2D eigenvalue weighted by atomic mass is 10.3. The van der Waals surface area contributed by atoms with E-state index in [9.17, 15) is 4.21 Å². The first-order chi connectivity index (χ1) is 10.1. The van der Waals surface area contributed by atoms with Gasteiger partial charge in [-0.05, 0) is 19.3 Å². The van der Waals surface area contributed by atoms with Crippen molar-refractivity contribution in [3.63, 3.8) is 0 Å². The van der Waals surface area contributed by atoms with Crippen LogP contribution in [0.25, 0.3) is 0 Å². The molecule has 0 spiro atoms. The van der Waals surface area contributed by atoms with Crippen LogP contribution < -0.4 is 10.6 Å². The number of anilines is 2. The summed E-state index contributed by atoms with van der Waals surface area (Å²) in [4.78, 5) is 9.06. The Morgan fingerprint density at radius 1 is 1.14 bits per heavy atom. The Kier molecular flexibility index (Phi) is 8.27. The summed E-state index contributed by atoms with van der Waals surface area (Å²) in [5.74, 6) is 2.60. The summed E-state index contributed by atoms with van der Waals surface area (Å²) in [6.07, 6.45) is 5.60. The maximum Gasteiger partial charge on any atom is 0.133 e. The predicted molar refractivity (Wildman–Crippen MR) is 91.4 cm³/mol. The number of aromatic nitrogens is 2. The summed E-state index contributed by atoms with van der Waals surface area (Å²) >= 11 is 0. The Bertz CT molecular complexity index is 453. The second kappa shape index (κ2) is 9.71. The van der Waals surface area contributed by atoms with Crippen molar-refractivity contribution >= 4 is 22.4 Å². The molecule has 0 fully saturated rings. The van der Waals surface area contributed by atoms with Crippen molar-refractivity contribution in [2.24, 2.45) is 0 Å². The summed E-state index contributed by atoms with van der Waals surface area (Å²) in [5, 5.41) is 6.83. The monoisotopic (exact) mass is 312 g/mol. The van der Waals surface area contributed by atoms with Crippen LogP contribution in [0.15, 0.2) is 6.07 Å². The highest BCUT2D eigenvalue weighted by molar-refractivity contribution is 7.84. The van der Waals surface area contributed by atoms with Gasteiger partial charge in [0.05, 0.1) is 0 Å². The van der Waals surface area contributed by atoms with Crippen LogP contribution in [-0.4, -0.2) is 38.8 Å². The SMILES string of the molecule is CCCNc1cc(NCCC(C)S(C)=O)nc(CCC)n1. The Labute approximate surface area is 130 Å². The third-order valence-electron chi connectivity index (χ3n) is 3.23. The number of rotatable bonds is 10. The van der Waals surface area contributed by atoms with Crippen LogP contribution in [-0.2, 0) is 17.2 Å². The molecule has 1 aromatic rings. The van der Waals surface area contributed by atoms with Gasteiger partial charge in [-0.25, -0.2) is 9.97 Å². The maximum absolute atomic E-state index is 11.3. The number of aryl methyl sites for hydroxylation is 1. The highest BCUT2D eigenvalue weighted by Gasteiger charge is 2.07. The largest absolute Gasteiger partial charge is 0.370 e. The van der Waals surface area contributed by atoms with Gasteiger partial charge in [0.15, 0.2) is 0 Å². The first-order valence-electron chi connectivity index (χ1n) is 7.74. The molecule has 0 aliphatic carbocycles. The second-order valence-corrected chi connectivity index (χ2v) is 7.06. The van der Waals surface area contributed by atoms with E-state index in [1.165, 1.54) is 0 Å². The summed E-state index contributed by atoms with van der Waals surface area (Å²) in [6, 6.07) is 1.95. The molecular weight excluding hydrogens is 284 g/mol. The molecule has 21 heavy (non-hydrogen) atoms. The molecule has 120 valence electrons. The number of hydrogen-bond donors (Lipinski definition) is 2. The lowest BCUT2D eigenvalue weighted by Gasteiger charge is -2.12. The van der Waals surface area contributed by atoms with Crippen molar-refractivity contribution in [1.29, 1.82) is 0 Å². The fourth-order valence-electron chi connectivity index (χ4n) is 1.84. The summed E-state index contributed by atoms with van der Waals surface area (Å²) in [7, 11) is -0.769. The molecule has 0 amide bonds. The van der Waals surface area contributed by atoms with Crippen LogP contribution in [0, 0.1) is 0 Å². The van der Waals surface area contributed by atoms with Crippen LogP contribution >= 0.6 is 0 Å². The second-order valence-electron chi connectivity index (χ2n) is 5.26. The number of nitrogens with zero attached hydrogens (tertiary/aromatic N) is 2. The molecule has 1 aromatic heterocycles. The minimum Gasteiger partial charge on any atom is -0.370 e. The molecule has 1 heterocycles. The maximum atomic E-state index is 11.3. The molecule has 2 unspecified atom stereocenters. The molecule has 0 radical (unpaired) electrons. The van der Waals surface area contributed by atoms with Gasteiger partial charge in [0.1, 0.15) is 17.5 Å². The topological polar surface area (TPSA) is 66.9 Å². The molecule has 5 nitrogen and oxygen atoms in total. The van der Waals surface area contributed by atoms with Crippen molar-refractivity contribution < 1.29 is 4.21 Å². The van der Waals surface area contributed by atoms with Crippen molar-refractivity contribution in [3.8, 4) is 0 Å². The van der Waals surface area contributed by atoms with E-state index < -0.39 is 10.8 Å². The lowest BCUT2D eigenvalue weighted by Crippen LogP contribution is -2.16. The quantitative estimate of drug-likeness (QED) is 0.695. The van der Waals surface area contributed by atoms with Gasteiger partial charge in [0.2, 0.25) is 0 Å². The van der Waals surface area contributed by atoms with Crippen molar-refractivity contribution in [1.82, 2.24) is 9.97 Å². The van der Waals surface area contributed by atoms with Gasteiger partial charge in [-0.3, -0.25) is 4.21 Å². The number of nitrogens with one attached hydrogen (secondary N) is 2. The van der Waals surface area contributed by atoms with E-state index in [0.29, 0.717) is 0 Å². The standard InChI is InChI=1S/C15H28N4OS/c1-5-7-13-18-14(16-9-6-2)11-15(19-13)17-10-8-12(3)21(4)20/h11-12H,5-10H2,1-4H3,(H2,16,17,18,19). The highest BCUT2D eigenvalue weighted by Crippen LogP contribution is 2.13. The molecule has 0 aliphatic rings. The molecule has 0 saturated heterocycles.